The van der Waals surface area contributed by atoms with Crippen molar-refractivity contribution in [1.29, 1.82) is 0 Å². The van der Waals surface area contributed by atoms with E-state index in [1.54, 1.807) is 0 Å². The molecule has 6 rings (SSSR count). The Morgan fingerprint density at radius 3 is 2.33 bits per heavy atom. The zero-order valence-corrected chi connectivity index (χ0v) is 28.7. The van der Waals surface area contributed by atoms with Crippen LogP contribution in [0.15, 0.2) is 42.5 Å². The van der Waals surface area contributed by atoms with Crippen molar-refractivity contribution in [2.24, 2.45) is 51.2 Å². The smallest absolute Gasteiger partial charge is 0.337 e. The maximum atomic E-state index is 12.1. The van der Waals surface area contributed by atoms with Crippen molar-refractivity contribution < 1.29 is 9.53 Å². The fourth-order valence-corrected chi connectivity index (χ4v) is 12.8. The number of rotatable bonds is 6. The Labute approximate surface area is 266 Å². The minimum atomic E-state index is -0.270. The molecule has 43 heavy (non-hydrogen) atoms. The van der Waals surface area contributed by atoms with Crippen molar-refractivity contribution in [2.75, 3.05) is 19.5 Å². The Morgan fingerprint density at radius 2 is 1.67 bits per heavy atom. The molecule has 4 saturated carbocycles. The highest BCUT2D eigenvalue weighted by atomic mass is 35.5. The zero-order chi connectivity index (χ0) is 31.0. The van der Waals surface area contributed by atoms with Gasteiger partial charge in [0.05, 0.1) is 12.7 Å². The topological polar surface area (TPSA) is 38.3 Å². The van der Waals surface area contributed by atoms with Crippen LogP contribution in [0.2, 0.25) is 0 Å². The molecule has 0 amide bonds. The summed E-state index contributed by atoms with van der Waals surface area (Å²) >= 11 is 6.26. The van der Waals surface area contributed by atoms with Crippen molar-refractivity contribution in [3.8, 4) is 0 Å². The molecule has 0 spiro atoms. The summed E-state index contributed by atoms with van der Waals surface area (Å²) < 4.78 is 4.95. The normalized spacial score (nSPS) is 43.0. The highest BCUT2D eigenvalue weighted by Gasteiger charge is 2.70. The molecule has 5 aliphatic carbocycles. The predicted octanol–water partition coefficient (Wildman–Crippen LogP) is 9.70. The lowest BCUT2D eigenvalue weighted by Crippen LogP contribution is -2.68. The summed E-state index contributed by atoms with van der Waals surface area (Å²) in [4.78, 5) is 12.1. The molecular formula is C39H56ClNO2. The molecule has 236 valence electrons. The summed E-state index contributed by atoms with van der Waals surface area (Å²) in [6.45, 7) is 20.9. The van der Waals surface area contributed by atoms with Crippen LogP contribution in [0.5, 0.6) is 0 Å². The number of benzene rings is 1. The van der Waals surface area contributed by atoms with E-state index in [1.807, 2.05) is 12.1 Å². The fraction of sp³-hybridized carbons (Fsp3) is 0.718. The van der Waals surface area contributed by atoms with Crippen molar-refractivity contribution >= 4 is 23.1 Å². The van der Waals surface area contributed by atoms with Gasteiger partial charge in [0, 0.05) is 18.0 Å². The molecule has 1 aromatic carbocycles. The first-order valence-corrected chi connectivity index (χ1v) is 17.7. The third-order valence-corrected chi connectivity index (χ3v) is 15.0. The van der Waals surface area contributed by atoms with Crippen LogP contribution < -0.4 is 5.32 Å². The SMILES string of the molecule is C=C(C)[C@@H]1CC[C@]2(NCCCl)CC[C@]3(C)C(CC[C@@H]4[C@@]5(C)CC=C(c6ccc(C(=O)OC)cc6)C(C)(C)[C@@H]5CC[C@]43C)[C@@H]12. The van der Waals surface area contributed by atoms with Gasteiger partial charge in [-0.05, 0) is 139 Å². The van der Waals surface area contributed by atoms with Crippen LogP contribution in [0.3, 0.4) is 0 Å². The van der Waals surface area contributed by atoms with Crippen LogP contribution in [0.4, 0.5) is 0 Å². The molecule has 5 aliphatic rings. The number of hydrogen-bond acceptors (Lipinski definition) is 3. The first-order valence-electron chi connectivity index (χ1n) is 17.1. The second-order valence-electron chi connectivity index (χ2n) is 16.6. The van der Waals surface area contributed by atoms with E-state index in [4.69, 9.17) is 16.3 Å². The Balaban J connectivity index is 1.34. The molecule has 0 aromatic heterocycles. The third-order valence-electron chi connectivity index (χ3n) is 14.8. The summed E-state index contributed by atoms with van der Waals surface area (Å²) in [6, 6.07) is 8.12. The van der Waals surface area contributed by atoms with E-state index >= 15 is 0 Å². The molecule has 1 aromatic rings. The molecule has 1 unspecified atom stereocenters. The summed E-state index contributed by atoms with van der Waals surface area (Å²) in [5.74, 6) is 3.84. The second kappa shape index (κ2) is 10.8. The quantitative estimate of drug-likeness (QED) is 0.199. The van der Waals surface area contributed by atoms with Crippen LogP contribution >= 0.6 is 11.6 Å². The summed E-state index contributed by atoms with van der Waals surface area (Å²) in [7, 11) is 1.45. The number of carbonyl (C=O) groups excluding carboxylic acids is 1. The molecule has 4 heteroatoms. The Bertz CT molecular complexity index is 1300. The average molecular weight is 606 g/mol. The van der Waals surface area contributed by atoms with Crippen molar-refractivity contribution in [1.82, 2.24) is 5.32 Å². The van der Waals surface area contributed by atoms with Gasteiger partial charge in [-0.2, -0.15) is 0 Å². The molecule has 0 radical (unpaired) electrons. The number of nitrogens with one attached hydrogen (secondary N) is 1. The van der Waals surface area contributed by atoms with Crippen LogP contribution in [0.1, 0.15) is 115 Å². The van der Waals surface area contributed by atoms with Gasteiger partial charge in [-0.1, -0.05) is 65.0 Å². The van der Waals surface area contributed by atoms with Crippen LogP contribution in [-0.2, 0) is 4.74 Å². The van der Waals surface area contributed by atoms with Crippen molar-refractivity contribution in [2.45, 2.75) is 105 Å². The van der Waals surface area contributed by atoms with E-state index in [0.717, 1.165) is 24.8 Å². The second-order valence-corrected chi connectivity index (χ2v) is 16.9. The monoisotopic (exact) mass is 605 g/mol. The maximum absolute atomic E-state index is 12.1. The first-order chi connectivity index (χ1) is 20.3. The highest BCUT2D eigenvalue weighted by molar-refractivity contribution is 6.18. The minimum Gasteiger partial charge on any atom is -0.465 e. The van der Waals surface area contributed by atoms with E-state index in [1.165, 1.54) is 75.2 Å². The fourth-order valence-electron chi connectivity index (χ4n) is 12.7. The van der Waals surface area contributed by atoms with Crippen LogP contribution in [-0.4, -0.2) is 31.0 Å². The lowest BCUT2D eigenvalue weighted by Gasteiger charge is -2.72. The third kappa shape index (κ3) is 4.40. The number of ether oxygens (including phenoxy) is 1. The number of methoxy groups -OCH3 is 1. The predicted molar refractivity (Wildman–Crippen MR) is 179 cm³/mol. The van der Waals surface area contributed by atoms with E-state index < -0.39 is 0 Å². The standard InChI is InChI=1S/C39H56ClNO2/c1-25(2)28-15-20-39(41-24-23-40)22-21-37(6)30(33(28)39)13-14-32-36(5)18-16-29(26-9-11-27(12-10-26)34(42)43-8)35(3,4)31(36)17-19-38(32,37)7/h9-12,16,28,30-33,41H,1,13-15,17-24H2,2-8H3/t28-,30?,31-,32+,33+,36-,37+,38+,39-/m0/s1. The highest BCUT2D eigenvalue weighted by Crippen LogP contribution is 2.76. The number of alkyl halides is 1. The van der Waals surface area contributed by atoms with Crippen molar-refractivity contribution in [3.63, 3.8) is 0 Å². The van der Waals surface area contributed by atoms with Gasteiger partial charge in [0.25, 0.3) is 0 Å². The summed E-state index contributed by atoms with van der Waals surface area (Å²) in [5.41, 5.74) is 6.01. The van der Waals surface area contributed by atoms with E-state index in [0.29, 0.717) is 40.0 Å². The van der Waals surface area contributed by atoms with Gasteiger partial charge in [-0.25, -0.2) is 4.79 Å². The lowest BCUT2D eigenvalue weighted by atomic mass is 9.33. The number of hydrogen-bond donors (Lipinski definition) is 1. The number of carbonyl (C=O) groups is 1. The Kier molecular flexibility index (Phi) is 7.85. The number of allylic oxidation sites excluding steroid dienone is 3. The van der Waals surface area contributed by atoms with Gasteiger partial charge in [0.15, 0.2) is 0 Å². The molecule has 1 N–H and O–H groups in total. The van der Waals surface area contributed by atoms with Gasteiger partial charge < -0.3 is 10.1 Å². The zero-order valence-electron chi connectivity index (χ0n) is 28.0. The number of esters is 1. The Hall–Kier alpha value is -1.58. The van der Waals surface area contributed by atoms with Gasteiger partial charge in [0.1, 0.15) is 0 Å². The molecular weight excluding hydrogens is 550 g/mol. The van der Waals surface area contributed by atoms with E-state index in [-0.39, 0.29) is 22.3 Å². The van der Waals surface area contributed by atoms with E-state index in [9.17, 15) is 4.79 Å². The van der Waals surface area contributed by atoms with Crippen LogP contribution in [0.25, 0.3) is 5.57 Å². The molecule has 0 aliphatic heterocycles. The molecule has 3 nitrogen and oxygen atoms in total. The molecule has 4 fully saturated rings. The van der Waals surface area contributed by atoms with Crippen molar-refractivity contribution in [3.05, 3.63) is 53.6 Å². The van der Waals surface area contributed by atoms with Gasteiger partial charge in [-0.3, -0.25) is 0 Å². The maximum Gasteiger partial charge on any atom is 0.337 e. The number of fused-ring (bicyclic) bond motifs is 7. The molecule has 0 bridgehead atoms. The first kappa shape index (κ1) is 31.4. The lowest BCUT2D eigenvalue weighted by molar-refractivity contribution is -0.219. The largest absolute Gasteiger partial charge is 0.465 e. The summed E-state index contributed by atoms with van der Waals surface area (Å²) in [5, 5.41) is 4.06. The van der Waals surface area contributed by atoms with Gasteiger partial charge in [-0.15, -0.1) is 11.6 Å². The molecule has 9 atom stereocenters. The summed E-state index contributed by atoms with van der Waals surface area (Å²) in [6.07, 6.45) is 14.2. The number of halogens is 1. The molecule has 0 heterocycles. The van der Waals surface area contributed by atoms with Gasteiger partial charge >= 0.3 is 5.97 Å². The molecule has 0 saturated heterocycles. The van der Waals surface area contributed by atoms with Crippen LogP contribution in [0, 0.1) is 51.2 Å². The van der Waals surface area contributed by atoms with Gasteiger partial charge in [0.2, 0.25) is 0 Å². The minimum absolute atomic E-state index is 0.0720. The van der Waals surface area contributed by atoms with E-state index in [2.05, 4.69) is 71.6 Å². The average Bonchev–Trinajstić information content (AvgIpc) is 3.36. The Morgan fingerprint density at radius 1 is 0.953 bits per heavy atom.